The Bertz CT molecular complexity index is 1080. The summed E-state index contributed by atoms with van der Waals surface area (Å²) in [6.45, 7) is 7.52. The fourth-order valence-electron chi connectivity index (χ4n) is 3.97. The van der Waals surface area contributed by atoms with Crippen LogP contribution in [0, 0.1) is 6.92 Å². The molecule has 32 heavy (non-hydrogen) atoms. The molecule has 2 atom stereocenters. The number of hydrogen-bond acceptors (Lipinski definition) is 4. The molecule has 1 N–H and O–H groups in total. The molecule has 1 saturated heterocycles. The third-order valence-corrected chi connectivity index (χ3v) is 5.57. The molecular formula is C25H28N4O3. The number of amides is 2. The molecule has 7 nitrogen and oxygen atoms in total. The van der Waals surface area contributed by atoms with Crippen LogP contribution in [-0.2, 0) is 11.3 Å². The van der Waals surface area contributed by atoms with Crippen molar-refractivity contribution in [1.29, 1.82) is 0 Å². The van der Waals surface area contributed by atoms with E-state index in [0.29, 0.717) is 30.8 Å². The fraction of sp³-hybridized carbons (Fsp3) is 0.320. The molecule has 1 aliphatic rings. The highest BCUT2D eigenvalue weighted by molar-refractivity contribution is 5.95. The van der Waals surface area contributed by atoms with Gasteiger partial charge < -0.3 is 15.0 Å². The molecule has 7 heteroatoms. The molecule has 2 aromatic carbocycles. The molecule has 0 saturated carbocycles. The second kappa shape index (κ2) is 9.36. The maximum atomic E-state index is 12.8. The van der Waals surface area contributed by atoms with Gasteiger partial charge in [-0.2, -0.15) is 5.10 Å². The summed E-state index contributed by atoms with van der Waals surface area (Å²) in [5, 5.41) is 7.21. The molecule has 0 bridgehead atoms. The van der Waals surface area contributed by atoms with Crippen LogP contribution in [0.2, 0.25) is 0 Å². The Hall–Kier alpha value is -3.45. The summed E-state index contributed by atoms with van der Waals surface area (Å²) >= 11 is 0. The number of nitrogens with zero attached hydrogens (tertiary/aromatic N) is 3. The Morgan fingerprint density at radius 3 is 2.19 bits per heavy atom. The average Bonchev–Trinajstić information content (AvgIpc) is 3.22. The van der Waals surface area contributed by atoms with E-state index in [4.69, 9.17) is 4.74 Å². The molecule has 4 rings (SSSR count). The van der Waals surface area contributed by atoms with Crippen molar-refractivity contribution < 1.29 is 14.3 Å². The first kappa shape index (κ1) is 21.8. The Morgan fingerprint density at radius 1 is 0.969 bits per heavy atom. The number of nitrogens with one attached hydrogen (secondary N) is 1. The van der Waals surface area contributed by atoms with Gasteiger partial charge in [-0.05, 0) is 68.8 Å². The number of rotatable bonds is 5. The normalized spacial score (nSPS) is 18.4. The van der Waals surface area contributed by atoms with Crippen molar-refractivity contribution in [3.63, 3.8) is 0 Å². The van der Waals surface area contributed by atoms with E-state index in [9.17, 15) is 9.59 Å². The number of morpholine rings is 1. The highest BCUT2D eigenvalue weighted by Crippen LogP contribution is 2.15. The molecule has 1 aromatic heterocycles. The molecule has 1 fully saturated rings. The Kier molecular flexibility index (Phi) is 6.37. The van der Waals surface area contributed by atoms with Gasteiger partial charge in [-0.3, -0.25) is 9.59 Å². The lowest BCUT2D eigenvalue weighted by molar-refractivity contribution is -0.0586. The topological polar surface area (TPSA) is 76.5 Å². The number of carbonyl (C=O) groups excluding carboxylic acids is 2. The smallest absolute Gasteiger partial charge is 0.254 e. The van der Waals surface area contributed by atoms with Gasteiger partial charge in [-0.15, -0.1) is 0 Å². The second-order valence-corrected chi connectivity index (χ2v) is 8.28. The summed E-state index contributed by atoms with van der Waals surface area (Å²) in [7, 11) is 0. The zero-order chi connectivity index (χ0) is 22.7. The van der Waals surface area contributed by atoms with Crippen LogP contribution in [0.4, 0.5) is 0 Å². The van der Waals surface area contributed by atoms with Crippen LogP contribution in [-0.4, -0.2) is 51.8 Å². The Morgan fingerprint density at radius 2 is 1.59 bits per heavy atom. The third kappa shape index (κ3) is 4.89. The monoisotopic (exact) mass is 432 g/mol. The molecule has 2 heterocycles. The Balaban J connectivity index is 1.33. The van der Waals surface area contributed by atoms with E-state index in [1.54, 1.807) is 18.3 Å². The number of aromatic nitrogens is 2. The van der Waals surface area contributed by atoms with Gasteiger partial charge in [-0.25, -0.2) is 4.68 Å². The molecule has 0 aliphatic carbocycles. The van der Waals surface area contributed by atoms with Gasteiger partial charge in [0.25, 0.3) is 11.8 Å². The summed E-state index contributed by atoms with van der Waals surface area (Å²) < 4.78 is 7.53. The largest absolute Gasteiger partial charge is 0.372 e. The van der Waals surface area contributed by atoms with Gasteiger partial charge in [0.05, 0.1) is 17.9 Å². The second-order valence-electron chi connectivity index (χ2n) is 8.28. The SMILES string of the molecule is Cc1ccnn1-c1ccc(C(=O)NCc2ccc(C(=O)N3CC(C)OC(C)C3)cc2)cc1. The van der Waals surface area contributed by atoms with Gasteiger partial charge in [0.2, 0.25) is 0 Å². The highest BCUT2D eigenvalue weighted by Gasteiger charge is 2.26. The van der Waals surface area contributed by atoms with Crippen LogP contribution in [0.5, 0.6) is 0 Å². The lowest BCUT2D eigenvalue weighted by atomic mass is 10.1. The van der Waals surface area contributed by atoms with E-state index in [-0.39, 0.29) is 24.0 Å². The molecule has 2 unspecified atom stereocenters. The lowest BCUT2D eigenvalue weighted by Gasteiger charge is -2.35. The number of benzene rings is 2. The van der Waals surface area contributed by atoms with Crippen molar-refractivity contribution in [1.82, 2.24) is 20.0 Å². The minimum atomic E-state index is -0.148. The van der Waals surface area contributed by atoms with Gasteiger partial charge >= 0.3 is 0 Å². The van der Waals surface area contributed by atoms with E-state index >= 15 is 0 Å². The summed E-state index contributed by atoms with van der Waals surface area (Å²) in [5.41, 5.74) is 4.10. The summed E-state index contributed by atoms with van der Waals surface area (Å²) in [4.78, 5) is 27.1. The third-order valence-electron chi connectivity index (χ3n) is 5.57. The molecule has 3 aromatic rings. The van der Waals surface area contributed by atoms with Gasteiger partial charge in [0, 0.05) is 42.7 Å². The van der Waals surface area contributed by atoms with Gasteiger partial charge in [0.1, 0.15) is 0 Å². The van der Waals surface area contributed by atoms with Crippen LogP contribution >= 0.6 is 0 Å². The van der Waals surface area contributed by atoms with Gasteiger partial charge in [0.15, 0.2) is 0 Å². The maximum absolute atomic E-state index is 12.8. The van der Waals surface area contributed by atoms with E-state index < -0.39 is 0 Å². The standard InChI is InChI=1S/C25H28N4O3/c1-17-12-13-27-29(17)23-10-8-21(9-11-23)24(30)26-14-20-4-6-22(7-5-20)25(31)28-15-18(2)32-19(3)16-28/h4-13,18-19H,14-16H2,1-3H3,(H,26,30). The van der Waals surface area contributed by atoms with Crippen LogP contribution in [0.3, 0.4) is 0 Å². The maximum Gasteiger partial charge on any atom is 0.254 e. The molecule has 2 amide bonds. The van der Waals surface area contributed by atoms with Crippen molar-refractivity contribution in [2.45, 2.75) is 39.5 Å². The van der Waals surface area contributed by atoms with Crippen molar-refractivity contribution in [3.05, 3.63) is 83.2 Å². The van der Waals surface area contributed by atoms with Crippen LogP contribution in [0.1, 0.15) is 45.8 Å². The van der Waals surface area contributed by atoms with Crippen molar-refractivity contribution >= 4 is 11.8 Å². The summed E-state index contributed by atoms with van der Waals surface area (Å²) in [6, 6.07) is 16.7. The average molecular weight is 433 g/mol. The van der Waals surface area contributed by atoms with E-state index in [2.05, 4.69) is 10.4 Å². The predicted molar refractivity (Wildman–Crippen MR) is 122 cm³/mol. The van der Waals surface area contributed by atoms with E-state index in [1.165, 1.54) is 0 Å². The van der Waals surface area contributed by atoms with E-state index in [0.717, 1.165) is 16.9 Å². The Labute approximate surface area is 188 Å². The number of hydrogen-bond donors (Lipinski definition) is 1. The molecule has 1 aliphatic heterocycles. The predicted octanol–water partition coefficient (Wildman–Crippen LogP) is 3.36. The van der Waals surface area contributed by atoms with E-state index in [1.807, 2.05) is 72.8 Å². The van der Waals surface area contributed by atoms with Crippen LogP contribution < -0.4 is 5.32 Å². The number of aryl methyl sites for hydroxylation is 1. The molecular weight excluding hydrogens is 404 g/mol. The van der Waals surface area contributed by atoms with Crippen molar-refractivity contribution in [3.8, 4) is 5.69 Å². The van der Waals surface area contributed by atoms with Crippen LogP contribution in [0.15, 0.2) is 60.8 Å². The van der Waals surface area contributed by atoms with Crippen LogP contribution in [0.25, 0.3) is 5.69 Å². The first-order chi connectivity index (χ1) is 15.4. The zero-order valence-electron chi connectivity index (χ0n) is 18.6. The van der Waals surface area contributed by atoms with Crippen molar-refractivity contribution in [2.24, 2.45) is 0 Å². The molecule has 166 valence electrons. The quantitative estimate of drug-likeness (QED) is 0.671. The minimum absolute atomic E-state index is 0.00935. The van der Waals surface area contributed by atoms with Gasteiger partial charge in [-0.1, -0.05) is 12.1 Å². The first-order valence-electron chi connectivity index (χ1n) is 10.8. The molecule has 0 radical (unpaired) electrons. The summed E-state index contributed by atoms with van der Waals surface area (Å²) in [5.74, 6) is -0.139. The fourth-order valence-corrected chi connectivity index (χ4v) is 3.97. The number of carbonyl (C=O) groups is 2. The summed E-state index contributed by atoms with van der Waals surface area (Å²) in [6.07, 6.45) is 1.82. The lowest BCUT2D eigenvalue weighted by Crippen LogP contribution is -2.48. The minimum Gasteiger partial charge on any atom is -0.372 e. The zero-order valence-corrected chi connectivity index (χ0v) is 18.6. The molecule has 0 spiro atoms. The number of ether oxygens (including phenoxy) is 1. The first-order valence-corrected chi connectivity index (χ1v) is 10.8. The highest BCUT2D eigenvalue weighted by atomic mass is 16.5. The van der Waals surface area contributed by atoms with Crippen molar-refractivity contribution in [2.75, 3.05) is 13.1 Å².